The maximum atomic E-state index is 12.2. The Morgan fingerprint density at radius 3 is 2.60 bits per heavy atom. The topological polar surface area (TPSA) is 72.0 Å². The van der Waals surface area contributed by atoms with E-state index in [9.17, 15) is 8.42 Å². The molecule has 1 atom stereocenters. The summed E-state index contributed by atoms with van der Waals surface area (Å²) in [5.41, 5.74) is 0.615. The van der Waals surface area contributed by atoms with Crippen LogP contribution in [0.5, 0.6) is 0 Å². The fourth-order valence-corrected chi connectivity index (χ4v) is 3.07. The van der Waals surface area contributed by atoms with E-state index in [4.69, 9.17) is 23.2 Å². The van der Waals surface area contributed by atoms with Crippen LogP contribution in [0.15, 0.2) is 41.6 Å². The first-order chi connectivity index (χ1) is 9.40. The molecular weight excluding hydrogens is 321 g/mol. The molecule has 1 N–H and O–H groups in total. The maximum absolute atomic E-state index is 12.2. The lowest BCUT2D eigenvalue weighted by molar-refractivity contribution is 0.563. The first kappa shape index (κ1) is 15.2. The lowest BCUT2D eigenvalue weighted by Crippen LogP contribution is -2.27. The Labute approximate surface area is 127 Å². The van der Waals surface area contributed by atoms with Crippen LogP contribution in [0, 0.1) is 0 Å². The van der Waals surface area contributed by atoms with Gasteiger partial charge < -0.3 is 0 Å². The Bertz CT molecular complexity index is 708. The molecule has 2 rings (SSSR count). The molecule has 0 aromatic carbocycles. The third kappa shape index (κ3) is 3.46. The Hall–Kier alpha value is -1.21. The zero-order valence-corrected chi connectivity index (χ0v) is 12.7. The SMILES string of the molecule is CC(NS(=O)(=O)c1cnc(Cl)c(Cl)c1)c1ccccn1. The molecule has 0 spiro atoms. The smallest absolute Gasteiger partial charge is 0.242 e. The predicted molar refractivity (Wildman–Crippen MR) is 77.2 cm³/mol. The second-order valence-electron chi connectivity index (χ2n) is 4.04. The summed E-state index contributed by atoms with van der Waals surface area (Å²) in [5.74, 6) is 0. The van der Waals surface area contributed by atoms with Crippen molar-refractivity contribution in [2.75, 3.05) is 0 Å². The van der Waals surface area contributed by atoms with E-state index in [2.05, 4.69) is 14.7 Å². The number of hydrogen-bond acceptors (Lipinski definition) is 4. The van der Waals surface area contributed by atoms with Crippen molar-refractivity contribution >= 4 is 33.2 Å². The van der Waals surface area contributed by atoms with Crippen molar-refractivity contribution in [1.82, 2.24) is 14.7 Å². The summed E-state index contributed by atoms with van der Waals surface area (Å²) in [5, 5.41) is 0.142. The zero-order chi connectivity index (χ0) is 14.8. The van der Waals surface area contributed by atoms with Gasteiger partial charge in [-0.25, -0.2) is 18.1 Å². The molecule has 2 aromatic rings. The van der Waals surface area contributed by atoms with Crippen LogP contribution in [-0.2, 0) is 10.0 Å². The molecule has 20 heavy (non-hydrogen) atoms. The summed E-state index contributed by atoms with van der Waals surface area (Å²) in [7, 11) is -3.74. The highest BCUT2D eigenvalue weighted by molar-refractivity contribution is 7.89. The number of halogens is 2. The standard InChI is InChI=1S/C12H11Cl2N3O2S/c1-8(11-4-2-3-5-15-11)17-20(18,19)9-6-10(13)12(14)16-7-9/h2-8,17H,1H3. The van der Waals surface area contributed by atoms with Gasteiger partial charge in [0.1, 0.15) is 10.0 Å². The Balaban J connectivity index is 2.25. The van der Waals surface area contributed by atoms with Gasteiger partial charge in [0.25, 0.3) is 0 Å². The lowest BCUT2D eigenvalue weighted by atomic mass is 10.2. The summed E-state index contributed by atoms with van der Waals surface area (Å²) in [6, 6.07) is 6.06. The fourth-order valence-electron chi connectivity index (χ4n) is 1.54. The zero-order valence-electron chi connectivity index (χ0n) is 10.4. The maximum Gasteiger partial charge on any atom is 0.242 e. The largest absolute Gasteiger partial charge is 0.260 e. The van der Waals surface area contributed by atoms with E-state index >= 15 is 0 Å². The monoisotopic (exact) mass is 331 g/mol. The van der Waals surface area contributed by atoms with Crippen molar-refractivity contribution in [1.29, 1.82) is 0 Å². The van der Waals surface area contributed by atoms with Crippen molar-refractivity contribution in [3.63, 3.8) is 0 Å². The molecular formula is C12H11Cl2N3O2S. The molecule has 5 nitrogen and oxygen atoms in total. The summed E-state index contributed by atoms with van der Waals surface area (Å²) in [6.45, 7) is 1.70. The van der Waals surface area contributed by atoms with Crippen LogP contribution in [0.25, 0.3) is 0 Å². The molecule has 0 aliphatic carbocycles. The quantitative estimate of drug-likeness (QED) is 0.874. The Morgan fingerprint density at radius 2 is 2.00 bits per heavy atom. The molecule has 0 saturated heterocycles. The summed E-state index contributed by atoms with van der Waals surface area (Å²) in [6.07, 6.45) is 2.75. The molecule has 0 radical (unpaired) electrons. The van der Waals surface area contributed by atoms with E-state index in [0.29, 0.717) is 5.69 Å². The van der Waals surface area contributed by atoms with Crippen LogP contribution in [-0.4, -0.2) is 18.4 Å². The van der Waals surface area contributed by atoms with Crippen molar-refractivity contribution in [3.05, 3.63) is 52.5 Å². The first-order valence-corrected chi connectivity index (χ1v) is 7.88. The number of nitrogens with zero attached hydrogens (tertiary/aromatic N) is 2. The van der Waals surface area contributed by atoms with Crippen LogP contribution in [0.3, 0.4) is 0 Å². The number of aromatic nitrogens is 2. The molecule has 8 heteroatoms. The summed E-state index contributed by atoms with van der Waals surface area (Å²) >= 11 is 11.4. The van der Waals surface area contributed by atoms with Crippen molar-refractivity contribution in [2.24, 2.45) is 0 Å². The molecule has 1 unspecified atom stereocenters. The highest BCUT2D eigenvalue weighted by Crippen LogP contribution is 2.23. The minimum Gasteiger partial charge on any atom is -0.260 e. The van der Waals surface area contributed by atoms with Gasteiger partial charge in [-0.05, 0) is 25.1 Å². The van der Waals surface area contributed by atoms with E-state index < -0.39 is 16.1 Å². The fraction of sp³-hybridized carbons (Fsp3) is 0.167. The van der Waals surface area contributed by atoms with Crippen LogP contribution < -0.4 is 4.72 Å². The minimum absolute atomic E-state index is 0.0466. The van der Waals surface area contributed by atoms with Gasteiger partial charge in [-0.3, -0.25) is 4.98 Å². The van der Waals surface area contributed by atoms with E-state index in [1.165, 1.54) is 6.07 Å². The Kier molecular flexibility index (Phi) is 4.59. The van der Waals surface area contributed by atoms with Gasteiger partial charge in [0.05, 0.1) is 16.8 Å². The van der Waals surface area contributed by atoms with Gasteiger partial charge in [-0.2, -0.15) is 0 Å². The van der Waals surface area contributed by atoms with Crippen LogP contribution >= 0.6 is 23.2 Å². The van der Waals surface area contributed by atoms with Crippen molar-refractivity contribution in [3.8, 4) is 0 Å². The van der Waals surface area contributed by atoms with Gasteiger partial charge >= 0.3 is 0 Å². The number of nitrogens with one attached hydrogen (secondary N) is 1. The lowest BCUT2D eigenvalue weighted by Gasteiger charge is -2.13. The van der Waals surface area contributed by atoms with Gasteiger partial charge in [0.15, 0.2) is 0 Å². The second-order valence-corrected chi connectivity index (χ2v) is 6.52. The molecule has 0 bridgehead atoms. The molecule has 0 saturated carbocycles. The van der Waals surface area contributed by atoms with Gasteiger partial charge in [0.2, 0.25) is 10.0 Å². The number of sulfonamides is 1. The highest BCUT2D eigenvalue weighted by atomic mass is 35.5. The van der Waals surface area contributed by atoms with Crippen LogP contribution in [0.1, 0.15) is 18.7 Å². The molecule has 2 aromatic heterocycles. The van der Waals surface area contributed by atoms with Crippen molar-refractivity contribution < 1.29 is 8.42 Å². The summed E-state index contributed by atoms with van der Waals surface area (Å²) in [4.78, 5) is 7.78. The Morgan fingerprint density at radius 1 is 1.25 bits per heavy atom. The number of hydrogen-bond donors (Lipinski definition) is 1. The first-order valence-electron chi connectivity index (χ1n) is 5.64. The molecule has 0 fully saturated rings. The molecule has 0 amide bonds. The predicted octanol–water partition coefficient (Wildman–Crippen LogP) is 2.82. The average Bonchev–Trinajstić information content (AvgIpc) is 2.42. The molecule has 2 heterocycles. The van der Waals surface area contributed by atoms with E-state index in [0.717, 1.165) is 6.20 Å². The minimum atomic E-state index is -3.74. The van der Waals surface area contributed by atoms with Gasteiger partial charge in [0, 0.05) is 12.4 Å². The van der Waals surface area contributed by atoms with E-state index in [1.54, 1.807) is 31.3 Å². The van der Waals surface area contributed by atoms with E-state index in [1.807, 2.05) is 0 Å². The van der Waals surface area contributed by atoms with Crippen LogP contribution in [0.2, 0.25) is 10.2 Å². The van der Waals surface area contributed by atoms with Crippen molar-refractivity contribution in [2.45, 2.75) is 17.9 Å². The van der Waals surface area contributed by atoms with Gasteiger partial charge in [-0.1, -0.05) is 29.3 Å². The molecule has 0 aliphatic heterocycles. The molecule has 106 valence electrons. The highest BCUT2D eigenvalue weighted by Gasteiger charge is 2.20. The van der Waals surface area contributed by atoms with Crippen LogP contribution in [0.4, 0.5) is 0 Å². The third-order valence-electron chi connectivity index (χ3n) is 2.54. The van der Waals surface area contributed by atoms with E-state index in [-0.39, 0.29) is 15.1 Å². The number of pyridine rings is 2. The normalized spacial score (nSPS) is 13.2. The molecule has 0 aliphatic rings. The number of rotatable bonds is 4. The summed E-state index contributed by atoms with van der Waals surface area (Å²) < 4.78 is 26.9. The third-order valence-corrected chi connectivity index (χ3v) is 4.74. The van der Waals surface area contributed by atoms with Gasteiger partial charge in [-0.15, -0.1) is 0 Å². The second kappa shape index (κ2) is 6.05. The average molecular weight is 332 g/mol.